The van der Waals surface area contributed by atoms with E-state index >= 15 is 0 Å². The molecule has 5 heteroatoms. The van der Waals surface area contributed by atoms with Crippen LogP contribution < -0.4 is 0 Å². The molecule has 0 aliphatic heterocycles. The maximum absolute atomic E-state index is 11.7. The number of carbonyl (C=O) groups is 1. The molecule has 1 aromatic rings. The minimum atomic E-state index is -3.57. The van der Waals surface area contributed by atoms with E-state index in [-0.39, 0.29) is 5.78 Å². The molecule has 0 fully saturated rings. The number of hydrogen-bond donors (Lipinski definition) is 0. The van der Waals surface area contributed by atoms with Crippen LogP contribution in [-0.2, 0) is 20.7 Å². The summed E-state index contributed by atoms with van der Waals surface area (Å²) in [6.45, 7) is 1.50. The van der Waals surface area contributed by atoms with Crippen LogP contribution in [0.15, 0.2) is 24.3 Å². The molecule has 0 aromatic heterocycles. The maximum Gasteiger partial charge on any atom is 0.264 e. The third kappa shape index (κ3) is 3.75. The Kier molecular flexibility index (Phi) is 4.20. The third-order valence-electron chi connectivity index (χ3n) is 2.10. The van der Waals surface area contributed by atoms with Gasteiger partial charge in [-0.3, -0.25) is 8.98 Å². The molecule has 0 unspecified atom stereocenters. The van der Waals surface area contributed by atoms with Gasteiger partial charge in [0.2, 0.25) is 0 Å². The average molecular weight is 242 g/mol. The van der Waals surface area contributed by atoms with Crippen LogP contribution in [0.2, 0.25) is 0 Å². The van der Waals surface area contributed by atoms with Crippen molar-refractivity contribution in [2.45, 2.75) is 13.3 Å². The van der Waals surface area contributed by atoms with Gasteiger partial charge in [0.25, 0.3) is 10.1 Å². The summed E-state index contributed by atoms with van der Waals surface area (Å²) in [6.07, 6.45) is 1.65. The van der Waals surface area contributed by atoms with Crippen molar-refractivity contribution in [1.82, 2.24) is 0 Å². The average Bonchev–Trinajstić information content (AvgIpc) is 2.25. The lowest BCUT2D eigenvalue weighted by Crippen LogP contribution is -2.14. The predicted octanol–water partition coefficient (Wildman–Crippen LogP) is 1.41. The van der Waals surface area contributed by atoms with Gasteiger partial charge >= 0.3 is 0 Å². The highest BCUT2D eigenvalue weighted by molar-refractivity contribution is 7.86. The van der Waals surface area contributed by atoms with Crippen molar-refractivity contribution in [3.63, 3.8) is 0 Å². The van der Waals surface area contributed by atoms with Crippen LogP contribution >= 0.6 is 0 Å². The van der Waals surface area contributed by atoms with Crippen LogP contribution in [0.3, 0.4) is 0 Å². The number of carbonyl (C=O) groups excluding carboxylic acids is 1. The molecule has 4 nitrogen and oxygen atoms in total. The fourth-order valence-electron chi connectivity index (χ4n) is 1.34. The van der Waals surface area contributed by atoms with Crippen LogP contribution in [0.4, 0.5) is 0 Å². The molecule has 0 spiro atoms. The lowest BCUT2D eigenvalue weighted by molar-refractivity contribution is 0.0924. The summed E-state index contributed by atoms with van der Waals surface area (Å²) >= 11 is 0. The molecule has 0 bridgehead atoms. The minimum Gasteiger partial charge on any atom is -0.291 e. The van der Waals surface area contributed by atoms with Crippen molar-refractivity contribution in [2.75, 3.05) is 12.9 Å². The van der Waals surface area contributed by atoms with E-state index in [2.05, 4.69) is 4.18 Å². The Morgan fingerprint density at radius 3 is 2.50 bits per heavy atom. The summed E-state index contributed by atoms with van der Waals surface area (Å²) < 4.78 is 26.0. The van der Waals surface area contributed by atoms with Crippen molar-refractivity contribution in [3.8, 4) is 0 Å². The number of ketones is 1. The molecule has 0 amide bonds. The van der Waals surface area contributed by atoms with E-state index in [1.807, 2.05) is 19.1 Å². The van der Waals surface area contributed by atoms with Crippen molar-refractivity contribution >= 4 is 15.9 Å². The summed E-state index contributed by atoms with van der Waals surface area (Å²) in [4.78, 5) is 11.7. The van der Waals surface area contributed by atoms with Crippen molar-refractivity contribution in [1.29, 1.82) is 0 Å². The predicted molar refractivity (Wildman–Crippen MR) is 60.9 cm³/mol. The Balaban J connectivity index is 2.81. The first-order valence-corrected chi connectivity index (χ1v) is 6.71. The van der Waals surface area contributed by atoms with Crippen molar-refractivity contribution in [3.05, 3.63) is 35.4 Å². The van der Waals surface area contributed by atoms with Gasteiger partial charge in [-0.25, -0.2) is 0 Å². The Morgan fingerprint density at radius 2 is 1.94 bits per heavy atom. The zero-order valence-corrected chi connectivity index (χ0v) is 10.1. The topological polar surface area (TPSA) is 60.4 Å². The summed E-state index contributed by atoms with van der Waals surface area (Å²) in [5.74, 6) is -0.317. The van der Waals surface area contributed by atoms with Crippen LogP contribution in [0.1, 0.15) is 22.8 Å². The zero-order valence-electron chi connectivity index (χ0n) is 9.26. The van der Waals surface area contributed by atoms with Gasteiger partial charge in [-0.2, -0.15) is 8.42 Å². The molecule has 0 radical (unpaired) electrons. The SMILES string of the molecule is CCc1ccccc1C(=O)COS(C)(=O)=O. The van der Waals surface area contributed by atoms with E-state index in [0.717, 1.165) is 18.2 Å². The molecular weight excluding hydrogens is 228 g/mol. The van der Waals surface area contributed by atoms with E-state index in [9.17, 15) is 13.2 Å². The largest absolute Gasteiger partial charge is 0.291 e. The van der Waals surface area contributed by atoms with Crippen LogP contribution in [0.25, 0.3) is 0 Å². The minimum absolute atomic E-state index is 0.317. The fraction of sp³-hybridized carbons (Fsp3) is 0.364. The number of rotatable bonds is 5. The summed E-state index contributed by atoms with van der Waals surface area (Å²) in [6, 6.07) is 7.10. The summed E-state index contributed by atoms with van der Waals surface area (Å²) in [7, 11) is -3.57. The fourth-order valence-corrected chi connectivity index (χ4v) is 1.66. The lowest BCUT2D eigenvalue weighted by atomic mass is 10.0. The molecule has 0 aliphatic carbocycles. The maximum atomic E-state index is 11.7. The highest BCUT2D eigenvalue weighted by Crippen LogP contribution is 2.10. The van der Waals surface area contributed by atoms with Crippen LogP contribution in [0.5, 0.6) is 0 Å². The first-order valence-electron chi connectivity index (χ1n) is 4.89. The van der Waals surface area contributed by atoms with Gasteiger partial charge in [0.1, 0.15) is 6.61 Å². The summed E-state index contributed by atoms with van der Waals surface area (Å²) in [5.41, 5.74) is 1.42. The monoisotopic (exact) mass is 242 g/mol. The molecule has 88 valence electrons. The molecule has 0 N–H and O–H groups in total. The van der Waals surface area contributed by atoms with Gasteiger partial charge in [-0.1, -0.05) is 31.2 Å². The second kappa shape index (κ2) is 5.23. The van der Waals surface area contributed by atoms with Gasteiger partial charge < -0.3 is 0 Å². The number of Topliss-reactive ketones (excluding diaryl/α,β-unsaturated/α-hetero) is 1. The smallest absolute Gasteiger partial charge is 0.264 e. The van der Waals surface area contributed by atoms with Gasteiger partial charge in [0.15, 0.2) is 5.78 Å². The molecule has 0 atom stereocenters. The molecule has 16 heavy (non-hydrogen) atoms. The molecule has 1 rings (SSSR count). The van der Waals surface area contributed by atoms with Crippen molar-refractivity contribution < 1.29 is 17.4 Å². The lowest BCUT2D eigenvalue weighted by Gasteiger charge is -2.06. The Bertz CT molecular complexity index is 477. The first-order chi connectivity index (χ1) is 7.44. The third-order valence-corrected chi connectivity index (χ3v) is 2.65. The number of benzene rings is 1. The second-order valence-electron chi connectivity index (χ2n) is 3.40. The van der Waals surface area contributed by atoms with Crippen LogP contribution in [-0.4, -0.2) is 27.1 Å². The molecule has 0 saturated carbocycles. The van der Waals surface area contributed by atoms with E-state index < -0.39 is 16.7 Å². The van der Waals surface area contributed by atoms with Gasteiger partial charge in [0, 0.05) is 5.56 Å². The zero-order chi connectivity index (χ0) is 12.2. The Morgan fingerprint density at radius 1 is 1.31 bits per heavy atom. The van der Waals surface area contributed by atoms with E-state index in [4.69, 9.17) is 0 Å². The highest BCUT2D eigenvalue weighted by atomic mass is 32.2. The second-order valence-corrected chi connectivity index (χ2v) is 5.04. The summed E-state index contributed by atoms with van der Waals surface area (Å²) in [5, 5.41) is 0. The van der Waals surface area contributed by atoms with Crippen LogP contribution in [0, 0.1) is 0 Å². The van der Waals surface area contributed by atoms with E-state index in [1.165, 1.54) is 0 Å². The van der Waals surface area contributed by atoms with Gasteiger partial charge in [-0.05, 0) is 12.0 Å². The quantitative estimate of drug-likeness (QED) is 0.578. The van der Waals surface area contributed by atoms with Gasteiger partial charge in [-0.15, -0.1) is 0 Å². The Hall–Kier alpha value is -1.20. The normalized spacial score (nSPS) is 11.4. The van der Waals surface area contributed by atoms with E-state index in [0.29, 0.717) is 5.56 Å². The molecule has 0 aliphatic rings. The highest BCUT2D eigenvalue weighted by Gasteiger charge is 2.12. The first kappa shape index (κ1) is 12.9. The number of hydrogen-bond acceptors (Lipinski definition) is 4. The van der Waals surface area contributed by atoms with Gasteiger partial charge in [0.05, 0.1) is 6.26 Å². The Labute approximate surface area is 95.4 Å². The molecular formula is C11H14O4S. The van der Waals surface area contributed by atoms with E-state index in [1.54, 1.807) is 12.1 Å². The number of aryl methyl sites for hydroxylation is 1. The molecule has 0 heterocycles. The molecule has 0 saturated heterocycles. The van der Waals surface area contributed by atoms with Crippen molar-refractivity contribution in [2.24, 2.45) is 0 Å². The molecule has 1 aromatic carbocycles. The standard InChI is InChI=1S/C11H14O4S/c1-3-9-6-4-5-7-10(9)11(12)8-15-16(2,13)14/h4-7H,3,8H2,1-2H3.